The van der Waals surface area contributed by atoms with Crippen LogP contribution in [-0.2, 0) is 15.8 Å². The Hall–Kier alpha value is -2.50. The first kappa shape index (κ1) is 25.5. The van der Waals surface area contributed by atoms with E-state index in [2.05, 4.69) is 4.90 Å². The number of halogens is 3. The van der Waals surface area contributed by atoms with Crippen LogP contribution in [0.1, 0.15) is 35.7 Å². The number of carboxylic acid groups (broad SMARTS) is 2. The number of Topliss-reactive ketones (excluding diaryl/α,β-unsaturated/α-hetero) is 1. The molecule has 1 aromatic rings. The van der Waals surface area contributed by atoms with E-state index < -0.39 is 35.9 Å². The van der Waals surface area contributed by atoms with Crippen LogP contribution in [0, 0.1) is 5.92 Å². The van der Waals surface area contributed by atoms with Crippen molar-refractivity contribution in [2.75, 3.05) is 19.6 Å². The zero-order valence-corrected chi connectivity index (χ0v) is 16.2. The van der Waals surface area contributed by atoms with Gasteiger partial charge in [0.05, 0.1) is 5.56 Å². The van der Waals surface area contributed by atoms with Gasteiger partial charge in [-0.1, -0.05) is 19.1 Å². The molecule has 3 atom stereocenters. The largest absolute Gasteiger partial charge is 0.479 e. The molecule has 1 heterocycles. The molecule has 0 spiro atoms. The average Bonchev–Trinajstić information content (AvgIpc) is 3.18. The standard InChI is InChI=1S/C15H18F3NO.C4H6O6/c1-11(10-19-8-2-3-9-19)14(20)12-4-6-13(7-5-12)15(16,17)18;5-1(3(7)8)2(6)4(9)10/h4-7,11H,2-3,8-10H2,1H3;1-2,5-6H,(H,7,8)(H,9,10)/t11-;/m1./s1. The minimum atomic E-state index is -4.36. The summed E-state index contributed by atoms with van der Waals surface area (Å²) in [5, 5.41) is 32.5. The fourth-order valence-corrected chi connectivity index (χ4v) is 2.81. The van der Waals surface area contributed by atoms with E-state index in [9.17, 15) is 27.6 Å². The molecule has 0 saturated carbocycles. The molecule has 30 heavy (non-hydrogen) atoms. The van der Waals surface area contributed by atoms with Gasteiger partial charge in [-0.2, -0.15) is 13.2 Å². The summed E-state index contributed by atoms with van der Waals surface area (Å²) in [6.07, 6.45) is -6.58. The summed E-state index contributed by atoms with van der Waals surface area (Å²) < 4.78 is 37.4. The second-order valence-electron chi connectivity index (χ2n) is 6.91. The van der Waals surface area contributed by atoms with E-state index in [0.717, 1.165) is 38.1 Å². The zero-order valence-electron chi connectivity index (χ0n) is 16.2. The molecule has 1 saturated heterocycles. The summed E-state index contributed by atoms with van der Waals surface area (Å²) in [6, 6.07) is 4.48. The van der Waals surface area contributed by atoms with Gasteiger partial charge in [-0.25, -0.2) is 9.59 Å². The number of benzene rings is 1. The smallest absolute Gasteiger partial charge is 0.416 e. The number of hydrogen-bond donors (Lipinski definition) is 4. The van der Waals surface area contributed by atoms with Crippen LogP contribution in [0.2, 0.25) is 0 Å². The Kier molecular flexibility index (Phi) is 9.40. The van der Waals surface area contributed by atoms with Gasteiger partial charge in [-0.3, -0.25) is 4.79 Å². The Morgan fingerprint density at radius 2 is 1.40 bits per heavy atom. The molecule has 1 fully saturated rings. The highest BCUT2D eigenvalue weighted by Gasteiger charge is 2.31. The Balaban J connectivity index is 0.000000382. The van der Waals surface area contributed by atoms with Crippen LogP contribution in [0.15, 0.2) is 24.3 Å². The quantitative estimate of drug-likeness (QED) is 0.473. The monoisotopic (exact) mass is 435 g/mol. The van der Waals surface area contributed by atoms with Gasteiger partial charge in [-0.15, -0.1) is 0 Å². The molecule has 2 unspecified atom stereocenters. The first-order valence-electron chi connectivity index (χ1n) is 9.10. The van der Waals surface area contributed by atoms with Gasteiger partial charge in [0.2, 0.25) is 0 Å². The van der Waals surface area contributed by atoms with Gasteiger partial charge in [0.1, 0.15) is 0 Å². The van der Waals surface area contributed by atoms with Crippen LogP contribution < -0.4 is 0 Å². The first-order chi connectivity index (χ1) is 13.8. The topological polar surface area (TPSA) is 135 Å². The van der Waals surface area contributed by atoms with Crippen molar-refractivity contribution in [3.8, 4) is 0 Å². The number of nitrogens with zero attached hydrogens (tertiary/aromatic N) is 1. The lowest BCUT2D eigenvalue weighted by Gasteiger charge is -2.19. The normalized spacial score (nSPS) is 17.4. The number of ketones is 1. The van der Waals surface area contributed by atoms with Gasteiger partial charge in [0.15, 0.2) is 18.0 Å². The molecule has 0 aliphatic carbocycles. The van der Waals surface area contributed by atoms with E-state index in [1.54, 1.807) is 0 Å². The van der Waals surface area contributed by atoms with Gasteiger partial charge in [0, 0.05) is 18.0 Å². The summed E-state index contributed by atoms with van der Waals surface area (Å²) in [4.78, 5) is 34.0. The fourth-order valence-electron chi connectivity index (χ4n) is 2.81. The number of carbonyl (C=O) groups is 3. The Morgan fingerprint density at radius 3 is 1.77 bits per heavy atom. The maximum atomic E-state index is 12.5. The molecule has 8 nitrogen and oxygen atoms in total. The number of rotatable bonds is 7. The Morgan fingerprint density at radius 1 is 0.967 bits per heavy atom. The maximum absolute atomic E-state index is 12.5. The van der Waals surface area contributed by atoms with Crippen molar-refractivity contribution in [1.29, 1.82) is 0 Å². The molecule has 2 rings (SSSR count). The Bertz CT molecular complexity index is 713. The highest BCUT2D eigenvalue weighted by Crippen LogP contribution is 2.29. The molecule has 4 N–H and O–H groups in total. The number of aliphatic hydroxyl groups is 2. The molecular weight excluding hydrogens is 411 g/mol. The fraction of sp³-hybridized carbons (Fsp3) is 0.526. The van der Waals surface area contributed by atoms with E-state index in [4.69, 9.17) is 20.4 Å². The molecule has 0 radical (unpaired) electrons. The molecular formula is C19H24F3NO7. The molecule has 168 valence electrons. The van der Waals surface area contributed by atoms with Gasteiger partial charge in [-0.05, 0) is 38.1 Å². The van der Waals surface area contributed by atoms with Gasteiger partial charge in [0.25, 0.3) is 0 Å². The summed E-state index contributed by atoms with van der Waals surface area (Å²) in [5.41, 5.74) is -0.369. The third-order valence-electron chi connectivity index (χ3n) is 4.48. The van der Waals surface area contributed by atoms with E-state index in [-0.39, 0.29) is 11.7 Å². The van der Waals surface area contributed by atoms with Crippen molar-refractivity contribution in [2.45, 2.75) is 38.1 Å². The van der Waals surface area contributed by atoms with Crippen LogP contribution >= 0.6 is 0 Å². The van der Waals surface area contributed by atoms with Crippen LogP contribution in [0.5, 0.6) is 0 Å². The number of hydrogen-bond acceptors (Lipinski definition) is 6. The molecule has 1 aromatic carbocycles. The minimum Gasteiger partial charge on any atom is -0.479 e. The molecule has 1 aliphatic rings. The second kappa shape index (κ2) is 11.0. The molecule has 1 aliphatic heterocycles. The Labute approximate surface area is 170 Å². The number of alkyl halides is 3. The summed E-state index contributed by atoms with van der Waals surface area (Å²) in [5.74, 6) is -3.82. The average molecular weight is 435 g/mol. The number of likely N-dealkylation sites (tertiary alicyclic amines) is 1. The molecule has 11 heteroatoms. The predicted octanol–water partition coefficient (Wildman–Crippen LogP) is 1.50. The van der Waals surface area contributed by atoms with E-state index in [1.165, 1.54) is 12.1 Å². The number of aliphatic hydroxyl groups excluding tert-OH is 2. The van der Waals surface area contributed by atoms with Crippen molar-refractivity contribution >= 4 is 17.7 Å². The zero-order chi connectivity index (χ0) is 23.1. The lowest BCUT2D eigenvalue weighted by atomic mass is 9.98. The van der Waals surface area contributed by atoms with Crippen LogP contribution in [0.3, 0.4) is 0 Å². The molecule has 0 aromatic heterocycles. The number of aliphatic carboxylic acids is 2. The minimum absolute atomic E-state index is 0.0920. The number of carbonyl (C=O) groups excluding carboxylic acids is 1. The van der Waals surface area contributed by atoms with Crippen molar-refractivity contribution in [3.05, 3.63) is 35.4 Å². The lowest BCUT2D eigenvalue weighted by molar-refractivity contribution is -0.165. The summed E-state index contributed by atoms with van der Waals surface area (Å²) >= 11 is 0. The lowest BCUT2D eigenvalue weighted by Crippen LogP contribution is -2.39. The molecule has 0 amide bonds. The number of carboxylic acids is 2. The van der Waals surface area contributed by atoms with Gasteiger partial charge >= 0.3 is 18.1 Å². The summed E-state index contributed by atoms with van der Waals surface area (Å²) in [6.45, 7) is 4.52. The SMILES string of the molecule is C[C@H](CN1CCCC1)C(=O)c1ccc(C(F)(F)F)cc1.O=C(O)C(O)C(O)C(=O)O. The predicted molar refractivity (Wildman–Crippen MR) is 97.9 cm³/mol. The van der Waals surface area contributed by atoms with E-state index in [1.807, 2.05) is 6.92 Å². The van der Waals surface area contributed by atoms with Crippen molar-refractivity contribution < 1.29 is 48.0 Å². The second-order valence-corrected chi connectivity index (χ2v) is 6.91. The van der Waals surface area contributed by atoms with Crippen molar-refractivity contribution in [3.63, 3.8) is 0 Å². The van der Waals surface area contributed by atoms with Crippen LogP contribution in [0.4, 0.5) is 13.2 Å². The van der Waals surface area contributed by atoms with Gasteiger partial charge < -0.3 is 25.3 Å². The first-order valence-corrected chi connectivity index (χ1v) is 9.10. The van der Waals surface area contributed by atoms with E-state index in [0.29, 0.717) is 12.1 Å². The molecule has 0 bridgehead atoms. The maximum Gasteiger partial charge on any atom is 0.416 e. The third-order valence-corrected chi connectivity index (χ3v) is 4.48. The van der Waals surface area contributed by atoms with E-state index >= 15 is 0 Å². The highest BCUT2D eigenvalue weighted by molar-refractivity contribution is 5.97. The van der Waals surface area contributed by atoms with Crippen LogP contribution in [-0.4, -0.2) is 74.9 Å². The van der Waals surface area contributed by atoms with Crippen molar-refractivity contribution in [1.82, 2.24) is 4.90 Å². The van der Waals surface area contributed by atoms with Crippen molar-refractivity contribution in [2.24, 2.45) is 5.92 Å². The highest BCUT2D eigenvalue weighted by atomic mass is 19.4. The summed E-state index contributed by atoms with van der Waals surface area (Å²) in [7, 11) is 0. The third kappa shape index (κ3) is 7.73. The van der Waals surface area contributed by atoms with Crippen LogP contribution in [0.25, 0.3) is 0 Å².